The lowest BCUT2D eigenvalue weighted by molar-refractivity contribution is -0.121. The van der Waals surface area contributed by atoms with Crippen molar-refractivity contribution < 1.29 is 9.59 Å². The number of hydrogen-bond acceptors (Lipinski definition) is 4. The molecule has 1 aromatic heterocycles. The van der Waals surface area contributed by atoms with Gasteiger partial charge in [-0.3, -0.25) is 9.59 Å². The third kappa shape index (κ3) is 5.99. The van der Waals surface area contributed by atoms with Gasteiger partial charge in [-0.1, -0.05) is 25.4 Å². The number of rotatable bonds is 7. The first-order valence-corrected chi connectivity index (χ1v) is 7.21. The molecule has 0 aromatic carbocycles. The Balaban J connectivity index is 2.45. The monoisotopic (exact) mass is 312 g/mol. The lowest BCUT2D eigenvalue weighted by atomic mass is 10.2. The van der Waals surface area contributed by atoms with Gasteiger partial charge in [-0.25, -0.2) is 4.98 Å². The molecule has 0 saturated heterocycles. The van der Waals surface area contributed by atoms with Crippen molar-refractivity contribution in [1.29, 1.82) is 0 Å². The Hall–Kier alpha value is -1.82. The van der Waals surface area contributed by atoms with E-state index in [9.17, 15) is 9.59 Å². The molecule has 0 saturated carbocycles. The molecule has 3 N–H and O–H groups in total. The maximum atomic E-state index is 12.0. The number of nitrogens with one attached hydrogen (secondary N) is 3. The predicted octanol–water partition coefficient (Wildman–Crippen LogP) is 1.67. The highest BCUT2D eigenvalue weighted by Crippen LogP contribution is 2.16. The van der Waals surface area contributed by atoms with Crippen LogP contribution in [-0.2, 0) is 4.79 Å². The van der Waals surface area contributed by atoms with Crippen molar-refractivity contribution in [2.45, 2.75) is 20.3 Å². The van der Waals surface area contributed by atoms with Crippen LogP contribution in [0.1, 0.15) is 30.8 Å². The van der Waals surface area contributed by atoms with Crippen LogP contribution < -0.4 is 16.0 Å². The number of nitrogens with zero attached hydrogens (tertiary/aromatic N) is 1. The summed E-state index contributed by atoms with van der Waals surface area (Å²) in [6.07, 6.45) is 0.224. The fraction of sp³-hybridized carbons (Fsp3) is 0.500. The Morgan fingerprint density at radius 1 is 1.29 bits per heavy atom. The normalized spacial score (nSPS) is 10.3. The van der Waals surface area contributed by atoms with Crippen molar-refractivity contribution in [3.63, 3.8) is 0 Å². The fourth-order valence-corrected chi connectivity index (χ4v) is 1.71. The molecule has 7 heteroatoms. The van der Waals surface area contributed by atoms with E-state index in [2.05, 4.69) is 20.9 Å². The molecule has 6 nitrogen and oxygen atoms in total. The number of carbonyl (C=O) groups is 2. The van der Waals surface area contributed by atoms with E-state index in [4.69, 9.17) is 11.6 Å². The van der Waals surface area contributed by atoms with Gasteiger partial charge in [-0.15, -0.1) is 0 Å². The second-order valence-corrected chi connectivity index (χ2v) is 5.39. The summed E-state index contributed by atoms with van der Waals surface area (Å²) >= 11 is 5.94. The lowest BCUT2D eigenvalue weighted by Gasteiger charge is -2.09. The zero-order valence-electron chi connectivity index (χ0n) is 12.5. The first kappa shape index (κ1) is 17.2. The number of anilines is 1. The molecule has 0 radical (unpaired) electrons. The van der Waals surface area contributed by atoms with Crippen molar-refractivity contribution >= 4 is 29.2 Å². The molecule has 0 spiro atoms. The molecule has 0 atom stereocenters. The Morgan fingerprint density at radius 3 is 2.62 bits per heavy atom. The maximum Gasteiger partial charge on any atom is 0.271 e. The quantitative estimate of drug-likeness (QED) is 0.715. The molecular formula is C14H21ClN4O2. The van der Waals surface area contributed by atoms with Crippen LogP contribution in [0, 0.1) is 5.92 Å². The van der Waals surface area contributed by atoms with Gasteiger partial charge in [-0.2, -0.15) is 0 Å². The number of amides is 2. The van der Waals surface area contributed by atoms with Crippen molar-refractivity contribution in [2.24, 2.45) is 5.92 Å². The molecule has 1 aromatic rings. The minimum atomic E-state index is -0.395. The molecule has 1 heterocycles. The van der Waals surface area contributed by atoms with Gasteiger partial charge < -0.3 is 16.0 Å². The zero-order valence-corrected chi connectivity index (χ0v) is 13.3. The molecule has 0 aliphatic rings. The summed E-state index contributed by atoms with van der Waals surface area (Å²) in [7, 11) is 1.71. The van der Waals surface area contributed by atoms with E-state index < -0.39 is 5.91 Å². The molecule has 21 heavy (non-hydrogen) atoms. The van der Waals surface area contributed by atoms with Crippen molar-refractivity contribution in [2.75, 3.05) is 25.5 Å². The second-order valence-electron chi connectivity index (χ2n) is 4.98. The van der Waals surface area contributed by atoms with Crippen molar-refractivity contribution in [3.8, 4) is 0 Å². The zero-order chi connectivity index (χ0) is 15.8. The molecule has 2 amide bonds. The maximum absolute atomic E-state index is 12.0. The van der Waals surface area contributed by atoms with Crippen LogP contribution in [-0.4, -0.2) is 36.9 Å². The first-order chi connectivity index (χ1) is 9.93. The number of aromatic nitrogens is 1. The Morgan fingerprint density at radius 2 is 2.00 bits per heavy atom. The van der Waals surface area contributed by atoms with E-state index >= 15 is 0 Å². The summed E-state index contributed by atoms with van der Waals surface area (Å²) in [5, 5.41) is 8.53. The van der Waals surface area contributed by atoms with Gasteiger partial charge >= 0.3 is 0 Å². The first-order valence-electron chi connectivity index (χ1n) is 6.83. The Labute approximate surface area is 129 Å². The van der Waals surface area contributed by atoms with Crippen LogP contribution >= 0.6 is 11.6 Å². The van der Waals surface area contributed by atoms with E-state index in [-0.39, 0.29) is 29.6 Å². The average Bonchev–Trinajstić information content (AvgIpc) is 2.45. The summed E-state index contributed by atoms with van der Waals surface area (Å²) in [4.78, 5) is 27.6. The van der Waals surface area contributed by atoms with Gasteiger partial charge in [-0.05, 0) is 18.1 Å². The number of halogens is 1. The van der Waals surface area contributed by atoms with E-state index in [1.54, 1.807) is 19.2 Å². The highest BCUT2D eigenvalue weighted by molar-refractivity contribution is 6.33. The highest BCUT2D eigenvalue weighted by atomic mass is 35.5. The topological polar surface area (TPSA) is 83.1 Å². The Kier molecular flexibility index (Phi) is 6.94. The number of carbonyl (C=O) groups excluding carboxylic acids is 2. The predicted molar refractivity (Wildman–Crippen MR) is 83.6 cm³/mol. The van der Waals surface area contributed by atoms with Crippen LogP contribution in [0.15, 0.2) is 12.1 Å². The summed E-state index contributed by atoms with van der Waals surface area (Å²) in [5.41, 5.74) is 0.145. The van der Waals surface area contributed by atoms with Crippen LogP contribution in [0.5, 0.6) is 0 Å². The van der Waals surface area contributed by atoms with Crippen LogP contribution in [0.3, 0.4) is 0 Å². The largest absolute Gasteiger partial charge is 0.373 e. The standard InChI is InChI=1S/C14H21ClN4O2/c1-9(2)8-18-12(20)6-7-17-14(21)13-10(15)4-5-11(16-3)19-13/h4-5,9H,6-8H2,1-3H3,(H,16,19)(H,17,21)(H,18,20). The van der Waals surface area contributed by atoms with E-state index in [1.807, 2.05) is 13.8 Å². The lowest BCUT2D eigenvalue weighted by Crippen LogP contribution is -2.32. The molecule has 0 aliphatic heterocycles. The molecular weight excluding hydrogens is 292 g/mol. The molecule has 116 valence electrons. The summed E-state index contributed by atoms with van der Waals surface area (Å²) in [6, 6.07) is 3.28. The molecule has 1 rings (SSSR count). The third-order valence-corrected chi connectivity index (χ3v) is 2.97. The van der Waals surface area contributed by atoms with Crippen LogP contribution in [0.2, 0.25) is 5.02 Å². The summed E-state index contributed by atoms with van der Waals surface area (Å²) < 4.78 is 0. The smallest absolute Gasteiger partial charge is 0.271 e. The minimum Gasteiger partial charge on any atom is -0.373 e. The van der Waals surface area contributed by atoms with Crippen molar-refractivity contribution in [3.05, 3.63) is 22.8 Å². The summed E-state index contributed by atoms with van der Waals surface area (Å²) in [5.74, 6) is 0.468. The number of pyridine rings is 1. The Bertz CT molecular complexity index is 506. The van der Waals surface area contributed by atoms with Gasteiger partial charge in [0, 0.05) is 26.6 Å². The molecule has 0 bridgehead atoms. The molecule has 0 fully saturated rings. The van der Waals surface area contributed by atoms with Gasteiger partial charge in [0.25, 0.3) is 5.91 Å². The average molecular weight is 313 g/mol. The van der Waals surface area contributed by atoms with E-state index in [0.29, 0.717) is 18.3 Å². The number of hydrogen-bond donors (Lipinski definition) is 3. The van der Waals surface area contributed by atoms with Gasteiger partial charge in [0.15, 0.2) is 0 Å². The van der Waals surface area contributed by atoms with E-state index in [0.717, 1.165) is 0 Å². The fourth-order valence-electron chi connectivity index (χ4n) is 1.52. The summed E-state index contributed by atoms with van der Waals surface area (Å²) in [6.45, 7) is 4.91. The van der Waals surface area contributed by atoms with Gasteiger partial charge in [0.05, 0.1) is 5.02 Å². The van der Waals surface area contributed by atoms with Gasteiger partial charge in [0.2, 0.25) is 5.91 Å². The van der Waals surface area contributed by atoms with Gasteiger partial charge in [0.1, 0.15) is 11.5 Å². The van der Waals surface area contributed by atoms with Crippen molar-refractivity contribution in [1.82, 2.24) is 15.6 Å². The van der Waals surface area contributed by atoms with Crippen LogP contribution in [0.4, 0.5) is 5.82 Å². The van der Waals surface area contributed by atoms with E-state index in [1.165, 1.54) is 0 Å². The molecule has 0 aliphatic carbocycles. The van der Waals surface area contributed by atoms with Crippen LogP contribution in [0.25, 0.3) is 0 Å². The highest BCUT2D eigenvalue weighted by Gasteiger charge is 2.13. The second kappa shape index (κ2) is 8.46. The third-order valence-electron chi connectivity index (χ3n) is 2.66. The minimum absolute atomic E-state index is 0.0907. The molecule has 0 unspecified atom stereocenters. The SMILES string of the molecule is CNc1ccc(Cl)c(C(=O)NCCC(=O)NCC(C)C)n1.